The molecular formula is C15H20N4O2. The van der Waals surface area contributed by atoms with Crippen LogP contribution >= 0.6 is 0 Å². The molecule has 6 nitrogen and oxygen atoms in total. The third-order valence-electron chi connectivity index (χ3n) is 3.88. The second-order valence-electron chi connectivity index (χ2n) is 5.19. The maximum atomic E-state index is 12.4. The minimum absolute atomic E-state index is 0.0388. The molecule has 112 valence electrons. The van der Waals surface area contributed by atoms with Gasteiger partial charge < -0.3 is 14.6 Å². The molecule has 0 aliphatic carbocycles. The first-order valence-corrected chi connectivity index (χ1v) is 7.24. The lowest BCUT2D eigenvalue weighted by Crippen LogP contribution is -2.36. The Morgan fingerprint density at radius 3 is 3.10 bits per heavy atom. The molecule has 0 bridgehead atoms. The molecule has 6 heteroatoms. The smallest absolute Gasteiger partial charge is 0.270 e. The van der Waals surface area contributed by atoms with Crippen LogP contribution in [0.2, 0.25) is 0 Å². The number of nitrogens with one attached hydrogen (secondary N) is 1. The van der Waals surface area contributed by atoms with Crippen LogP contribution in [0.5, 0.6) is 0 Å². The molecule has 0 saturated heterocycles. The standard InChI is InChI=1S/C15H20N4O2/c1-3-21-10-13-11-9-19(8-6-14(11)18(2)17-13)15(20)12-5-4-7-16-12/h4-5,7,16H,3,6,8-10H2,1-2H3. The highest BCUT2D eigenvalue weighted by Gasteiger charge is 2.27. The fourth-order valence-electron chi connectivity index (χ4n) is 2.79. The van der Waals surface area contributed by atoms with E-state index in [1.165, 1.54) is 5.69 Å². The zero-order valence-electron chi connectivity index (χ0n) is 12.4. The van der Waals surface area contributed by atoms with Crippen molar-refractivity contribution in [2.45, 2.75) is 26.5 Å². The molecule has 0 fully saturated rings. The SMILES string of the molecule is CCOCc1nn(C)c2c1CN(C(=O)c1ccc[nH]1)CC2. The minimum atomic E-state index is 0.0388. The Bertz CT molecular complexity index is 630. The van der Waals surface area contributed by atoms with Gasteiger partial charge in [0.15, 0.2) is 0 Å². The summed E-state index contributed by atoms with van der Waals surface area (Å²) in [6, 6.07) is 3.65. The Hall–Kier alpha value is -2.08. The van der Waals surface area contributed by atoms with Gasteiger partial charge in [-0.05, 0) is 19.1 Å². The van der Waals surface area contributed by atoms with Gasteiger partial charge in [0.25, 0.3) is 5.91 Å². The molecule has 0 unspecified atom stereocenters. The molecule has 1 aliphatic rings. The Morgan fingerprint density at radius 2 is 2.38 bits per heavy atom. The average Bonchev–Trinajstić information content (AvgIpc) is 3.13. The lowest BCUT2D eigenvalue weighted by molar-refractivity contribution is 0.0725. The zero-order chi connectivity index (χ0) is 14.8. The number of aromatic amines is 1. The van der Waals surface area contributed by atoms with Crippen LogP contribution in [0.25, 0.3) is 0 Å². The zero-order valence-corrected chi connectivity index (χ0v) is 12.4. The maximum absolute atomic E-state index is 12.4. The topological polar surface area (TPSA) is 63.1 Å². The van der Waals surface area contributed by atoms with Crippen molar-refractivity contribution in [2.24, 2.45) is 7.05 Å². The van der Waals surface area contributed by atoms with Crippen LogP contribution < -0.4 is 0 Å². The first-order valence-electron chi connectivity index (χ1n) is 7.24. The number of amides is 1. The highest BCUT2D eigenvalue weighted by molar-refractivity contribution is 5.92. The number of aryl methyl sites for hydroxylation is 1. The number of carbonyl (C=O) groups excluding carboxylic acids is 1. The Morgan fingerprint density at radius 1 is 1.52 bits per heavy atom. The van der Waals surface area contributed by atoms with Crippen molar-refractivity contribution in [3.63, 3.8) is 0 Å². The summed E-state index contributed by atoms with van der Waals surface area (Å²) < 4.78 is 7.40. The minimum Gasteiger partial charge on any atom is -0.375 e. The first-order chi connectivity index (χ1) is 10.2. The van der Waals surface area contributed by atoms with Gasteiger partial charge in [-0.15, -0.1) is 0 Å². The molecule has 1 aliphatic heterocycles. The van der Waals surface area contributed by atoms with Gasteiger partial charge in [-0.1, -0.05) is 0 Å². The Labute approximate surface area is 123 Å². The normalized spacial score (nSPS) is 14.3. The fourth-order valence-corrected chi connectivity index (χ4v) is 2.79. The highest BCUT2D eigenvalue weighted by atomic mass is 16.5. The first kappa shape index (κ1) is 13.9. The largest absolute Gasteiger partial charge is 0.375 e. The molecule has 0 atom stereocenters. The Kier molecular flexibility index (Phi) is 3.79. The van der Waals surface area contributed by atoms with E-state index in [1.807, 2.05) is 35.7 Å². The van der Waals surface area contributed by atoms with Crippen LogP contribution in [0.3, 0.4) is 0 Å². The molecule has 1 N–H and O–H groups in total. The molecule has 0 radical (unpaired) electrons. The number of fused-ring (bicyclic) bond motifs is 1. The van der Waals surface area contributed by atoms with E-state index in [9.17, 15) is 4.79 Å². The van der Waals surface area contributed by atoms with Gasteiger partial charge in [0.05, 0.1) is 12.3 Å². The highest BCUT2D eigenvalue weighted by Crippen LogP contribution is 2.23. The number of ether oxygens (including phenoxy) is 1. The van der Waals surface area contributed by atoms with E-state index < -0.39 is 0 Å². The third-order valence-corrected chi connectivity index (χ3v) is 3.88. The van der Waals surface area contributed by atoms with Gasteiger partial charge in [-0.25, -0.2) is 0 Å². The van der Waals surface area contributed by atoms with Crippen LogP contribution in [0.1, 0.15) is 34.4 Å². The molecule has 2 aromatic rings. The number of aromatic nitrogens is 3. The van der Waals surface area contributed by atoms with E-state index in [1.54, 1.807) is 6.20 Å². The number of H-pyrrole nitrogens is 1. The summed E-state index contributed by atoms with van der Waals surface area (Å²) in [4.78, 5) is 17.3. The van der Waals surface area contributed by atoms with E-state index in [4.69, 9.17) is 4.74 Å². The number of carbonyl (C=O) groups is 1. The van der Waals surface area contributed by atoms with Gasteiger partial charge in [-0.2, -0.15) is 5.10 Å². The van der Waals surface area contributed by atoms with Crippen LogP contribution in [0.4, 0.5) is 0 Å². The average molecular weight is 288 g/mol. The summed E-state index contributed by atoms with van der Waals surface area (Å²) in [6.45, 7) is 4.46. The summed E-state index contributed by atoms with van der Waals surface area (Å²) in [5.74, 6) is 0.0388. The van der Waals surface area contributed by atoms with E-state index in [0.717, 1.165) is 24.2 Å². The Balaban J connectivity index is 1.82. The third kappa shape index (κ3) is 2.58. The van der Waals surface area contributed by atoms with Crippen LogP contribution in [0, 0.1) is 0 Å². The quantitative estimate of drug-likeness (QED) is 0.927. The van der Waals surface area contributed by atoms with E-state index in [0.29, 0.717) is 25.5 Å². The van der Waals surface area contributed by atoms with Gasteiger partial charge in [0, 0.05) is 50.6 Å². The van der Waals surface area contributed by atoms with Crippen molar-refractivity contribution in [3.05, 3.63) is 41.0 Å². The number of nitrogens with zero attached hydrogens (tertiary/aromatic N) is 3. The number of rotatable bonds is 4. The van der Waals surface area contributed by atoms with E-state index >= 15 is 0 Å². The predicted molar refractivity (Wildman–Crippen MR) is 77.8 cm³/mol. The van der Waals surface area contributed by atoms with Crippen LogP contribution in [-0.2, 0) is 31.4 Å². The van der Waals surface area contributed by atoms with Gasteiger partial charge in [0.2, 0.25) is 0 Å². The van der Waals surface area contributed by atoms with Crippen LogP contribution in [-0.4, -0.2) is 38.7 Å². The van der Waals surface area contributed by atoms with Crippen molar-refractivity contribution < 1.29 is 9.53 Å². The molecule has 2 aromatic heterocycles. The van der Waals surface area contributed by atoms with E-state index in [2.05, 4.69) is 10.1 Å². The van der Waals surface area contributed by atoms with Crippen molar-refractivity contribution in [3.8, 4) is 0 Å². The van der Waals surface area contributed by atoms with Crippen molar-refractivity contribution >= 4 is 5.91 Å². The number of hydrogen-bond donors (Lipinski definition) is 1. The molecule has 3 heterocycles. The number of hydrogen-bond acceptors (Lipinski definition) is 3. The molecule has 0 saturated carbocycles. The monoisotopic (exact) mass is 288 g/mol. The molecular weight excluding hydrogens is 268 g/mol. The lowest BCUT2D eigenvalue weighted by Gasteiger charge is -2.27. The van der Waals surface area contributed by atoms with Gasteiger partial charge in [0.1, 0.15) is 5.69 Å². The predicted octanol–water partition coefficient (Wildman–Crippen LogP) is 1.48. The second kappa shape index (κ2) is 5.73. The fraction of sp³-hybridized carbons (Fsp3) is 0.467. The summed E-state index contributed by atoms with van der Waals surface area (Å²) in [5.41, 5.74) is 3.92. The van der Waals surface area contributed by atoms with Crippen molar-refractivity contribution in [2.75, 3.05) is 13.2 Å². The van der Waals surface area contributed by atoms with Crippen molar-refractivity contribution in [1.82, 2.24) is 19.7 Å². The lowest BCUT2D eigenvalue weighted by atomic mass is 10.0. The molecule has 21 heavy (non-hydrogen) atoms. The van der Waals surface area contributed by atoms with Gasteiger partial charge in [-0.3, -0.25) is 9.48 Å². The summed E-state index contributed by atoms with van der Waals surface area (Å²) in [6.07, 6.45) is 2.60. The van der Waals surface area contributed by atoms with E-state index in [-0.39, 0.29) is 5.91 Å². The van der Waals surface area contributed by atoms with Gasteiger partial charge >= 0.3 is 0 Å². The van der Waals surface area contributed by atoms with Crippen molar-refractivity contribution in [1.29, 1.82) is 0 Å². The molecule has 3 rings (SSSR count). The maximum Gasteiger partial charge on any atom is 0.270 e. The second-order valence-corrected chi connectivity index (χ2v) is 5.19. The summed E-state index contributed by atoms with van der Waals surface area (Å²) in [7, 11) is 1.96. The van der Waals surface area contributed by atoms with Crippen LogP contribution in [0.15, 0.2) is 18.3 Å². The summed E-state index contributed by atoms with van der Waals surface area (Å²) >= 11 is 0. The summed E-state index contributed by atoms with van der Waals surface area (Å²) in [5, 5.41) is 4.53. The molecule has 0 spiro atoms. The molecule has 0 aromatic carbocycles. The molecule has 1 amide bonds.